The van der Waals surface area contributed by atoms with Crippen LogP contribution in [-0.2, 0) is 5.41 Å². The van der Waals surface area contributed by atoms with Gasteiger partial charge in [-0.1, -0.05) is 45.0 Å². The van der Waals surface area contributed by atoms with Gasteiger partial charge in [-0.15, -0.1) is 0 Å². The highest BCUT2D eigenvalue weighted by molar-refractivity contribution is 6.04. The van der Waals surface area contributed by atoms with Gasteiger partial charge in [0.15, 0.2) is 11.5 Å². The molecule has 0 unspecified atom stereocenters. The van der Waals surface area contributed by atoms with Crippen molar-refractivity contribution < 1.29 is 14.7 Å². The molecule has 5 rings (SSSR count). The van der Waals surface area contributed by atoms with Crippen molar-refractivity contribution in [2.45, 2.75) is 26.2 Å². The third kappa shape index (κ3) is 5.84. The number of carbonyl (C=O) groups excluding carboxylic acids is 2. The first-order valence-corrected chi connectivity index (χ1v) is 12.8. The van der Waals surface area contributed by atoms with Crippen LogP contribution < -0.4 is 16.0 Å². The van der Waals surface area contributed by atoms with E-state index >= 15 is 0 Å². The summed E-state index contributed by atoms with van der Waals surface area (Å²) in [5, 5.41) is 17.5. The van der Waals surface area contributed by atoms with Crippen molar-refractivity contribution in [1.29, 1.82) is 0 Å². The highest BCUT2D eigenvalue weighted by Gasteiger charge is 2.15. The molecule has 0 atom stereocenters. The molecular formula is C31H30N6O3. The van der Waals surface area contributed by atoms with Gasteiger partial charge in [-0.05, 0) is 59.5 Å². The van der Waals surface area contributed by atoms with Crippen LogP contribution in [0.5, 0.6) is 0 Å². The number of rotatable bonds is 7. The van der Waals surface area contributed by atoms with Crippen molar-refractivity contribution in [2.75, 3.05) is 17.4 Å². The molecule has 0 aliphatic carbocycles. The lowest BCUT2D eigenvalue weighted by molar-refractivity contribution is 0.0909. The van der Waals surface area contributed by atoms with Crippen LogP contribution in [0.15, 0.2) is 91.4 Å². The second-order valence-corrected chi connectivity index (χ2v) is 10.4. The fourth-order valence-electron chi connectivity index (χ4n) is 4.25. The number of aliphatic hydroxyl groups excluding tert-OH is 1. The van der Waals surface area contributed by atoms with E-state index < -0.39 is 6.73 Å². The first-order valence-electron chi connectivity index (χ1n) is 12.8. The maximum absolute atomic E-state index is 12.9. The highest BCUT2D eigenvalue weighted by atomic mass is 16.3. The fourth-order valence-corrected chi connectivity index (χ4v) is 4.25. The zero-order valence-electron chi connectivity index (χ0n) is 22.5. The zero-order chi connectivity index (χ0) is 28.3. The van der Waals surface area contributed by atoms with Crippen molar-refractivity contribution >= 4 is 34.7 Å². The van der Waals surface area contributed by atoms with Gasteiger partial charge < -0.3 is 25.5 Å². The van der Waals surface area contributed by atoms with Gasteiger partial charge in [0.25, 0.3) is 11.8 Å². The fraction of sp³-hybridized carbons (Fsp3) is 0.161. The van der Waals surface area contributed by atoms with Crippen molar-refractivity contribution in [3.8, 4) is 11.3 Å². The molecule has 9 nitrogen and oxygen atoms in total. The molecule has 9 heteroatoms. The average Bonchev–Trinajstić information content (AvgIpc) is 3.43. The van der Waals surface area contributed by atoms with E-state index in [4.69, 9.17) is 10.1 Å². The molecule has 2 amide bonds. The summed E-state index contributed by atoms with van der Waals surface area (Å²) in [6.07, 6.45) is 5.40. The summed E-state index contributed by atoms with van der Waals surface area (Å²) in [5.41, 5.74) is 5.69. The normalized spacial score (nSPS) is 11.3. The lowest BCUT2D eigenvalue weighted by Crippen LogP contribution is -2.23. The molecule has 0 spiro atoms. The van der Waals surface area contributed by atoms with Crippen molar-refractivity contribution in [3.63, 3.8) is 0 Å². The number of carbonyl (C=O) groups is 2. The Morgan fingerprint density at radius 2 is 1.60 bits per heavy atom. The van der Waals surface area contributed by atoms with E-state index in [1.807, 2.05) is 65.3 Å². The van der Waals surface area contributed by atoms with Gasteiger partial charge in [-0.25, -0.2) is 9.97 Å². The second-order valence-electron chi connectivity index (χ2n) is 10.4. The van der Waals surface area contributed by atoms with E-state index in [0.29, 0.717) is 39.7 Å². The van der Waals surface area contributed by atoms with Gasteiger partial charge in [0.05, 0.1) is 5.69 Å². The van der Waals surface area contributed by atoms with Crippen molar-refractivity contribution in [2.24, 2.45) is 0 Å². The Hall–Kier alpha value is -5.02. The van der Waals surface area contributed by atoms with Crippen LogP contribution in [0.4, 0.5) is 17.2 Å². The number of aromatic nitrogens is 3. The molecule has 0 aliphatic heterocycles. The zero-order valence-corrected chi connectivity index (χ0v) is 22.5. The Morgan fingerprint density at radius 3 is 2.30 bits per heavy atom. The van der Waals surface area contributed by atoms with Crippen LogP contribution in [0.1, 0.15) is 47.1 Å². The summed E-state index contributed by atoms with van der Waals surface area (Å²) in [6.45, 7) is 5.99. The Balaban J connectivity index is 1.38. The Labute approximate surface area is 231 Å². The summed E-state index contributed by atoms with van der Waals surface area (Å²) >= 11 is 0. The predicted octanol–water partition coefficient (Wildman–Crippen LogP) is 5.37. The van der Waals surface area contributed by atoms with E-state index in [2.05, 4.69) is 41.7 Å². The van der Waals surface area contributed by atoms with Gasteiger partial charge in [0, 0.05) is 46.7 Å². The van der Waals surface area contributed by atoms with E-state index in [1.165, 1.54) is 5.56 Å². The summed E-state index contributed by atoms with van der Waals surface area (Å²) < 4.78 is 1.87. The van der Waals surface area contributed by atoms with Crippen LogP contribution in [0, 0.1) is 0 Å². The summed E-state index contributed by atoms with van der Waals surface area (Å²) in [4.78, 5) is 34.1. The van der Waals surface area contributed by atoms with Gasteiger partial charge in [-0.3, -0.25) is 9.59 Å². The molecule has 0 saturated carbocycles. The molecule has 40 heavy (non-hydrogen) atoms. The molecule has 3 aromatic carbocycles. The number of imidazole rings is 1. The lowest BCUT2D eigenvalue weighted by atomic mass is 9.87. The predicted molar refractivity (Wildman–Crippen MR) is 156 cm³/mol. The van der Waals surface area contributed by atoms with Crippen LogP contribution >= 0.6 is 0 Å². The first-order chi connectivity index (χ1) is 19.2. The molecule has 0 bridgehead atoms. The maximum atomic E-state index is 12.9. The molecule has 2 heterocycles. The number of fused-ring (bicyclic) bond motifs is 1. The van der Waals surface area contributed by atoms with E-state index in [1.54, 1.807) is 30.5 Å². The largest absolute Gasteiger partial charge is 0.376 e. The Morgan fingerprint density at radius 1 is 0.900 bits per heavy atom. The topological polar surface area (TPSA) is 121 Å². The smallest absolute Gasteiger partial charge is 0.255 e. The first kappa shape index (κ1) is 26.6. The lowest BCUT2D eigenvalue weighted by Gasteiger charge is -2.19. The summed E-state index contributed by atoms with van der Waals surface area (Å²) in [7, 11) is 0. The van der Waals surface area contributed by atoms with Crippen LogP contribution in [0.3, 0.4) is 0 Å². The number of nitrogens with zero attached hydrogens (tertiary/aromatic N) is 3. The molecule has 5 aromatic rings. The summed E-state index contributed by atoms with van der Waals surface area (Å²) in [6, 6.07) is 22.0. The molecule has 202 valence electrons. The van der Waals surface area contributed by atoms with Gasteiger partial charge >= 0.3 is 0 Å². The van der Waals surface area contributed by atoms with E-state index in [9.17, 15) is 9.59 Å². The number of hydrogen-bond donors (Lipinski definition) is 4. The summed E-state index contributed by atoms with van der Waals surface area (Å²) in [5.74, 6) is -0.0174. The number of anilines is 3. The maximum Gasteiger partial charge on any atom is 0.255 e. The quantitative estimate of drug-likeness (QED) is 0.208. The van der Waals surface area contributed by atoms with Crippen LogP contribution in [-0.4, -0.2) is 38.0 Å². The Kier molecular flexibility index (Phi) is 7.31. The average molecular weight is 535 g/mol. The molecule has 2 aromatic heterocycles. The van der Waals surface area contributed by atoms with Crippen LogP contribution in [0.2, 0.25) is 0 Å². The van der Waals surface area contributed by atoms with Crippen molar-refractivity contribution in [3.05, 3.63) is 108 Å². The van der Waals surface area contributed by atoms with Gasteiger partial charge in [-0.2, -0.15) is 0 Å². The molecule has 0 saturated heterocycles. The van der Waals surface area contributed by atoms with Gasteiger partial charge in [0.2, 0.25) is 0 Å². The molecule has 0 fully saturated rings. The van der Waals surface area contributed by atoms with Crippen molar-refractivity contribution in [1.82, 2.24) is 19.7 Å². The second kappa shape index (κ2) is 11.0. The number of aliphatic hydroxyl groups is 1. The number of nitrogens with one attached hydrogen (secondary N) is 3. The standard InChI is InChI=1S/C31H30N6O3/c1-31(2,3)23-11-7-21(8-12-23)30(40)35-25-6-4-5-22(17-25)26-18-37-16-15-32-28(37)27(36-26)34-24-13-9-20(10-14-24)29(39)33-19-38/h4-18,38H,19H2,1-3H3,(H,33,39)(H,34,36)(H,35,40). The number of amides is 2. The van der Waals surface area contributed by atoms with E-state index in [0.717, 1.165) is 5.56 Å². The SMILES string of the molecule is CC(C)(C)c1ccc(C(=O)Nc2cccc(-c3cn4ccnc4c(Nc4ccc(C(=O)NCO)cc4)n3)c2)cc1. The number of hydrogen-bond acceptors (Lipinski definition) is 6. The minimum absolute atomic E-state index is 0.0146. The molecular weight excluding hydrogens is 504 g/mol. The number of benzene rings is 3. The van der Waals surface area contributed by atoms with Gasteiger partial charge in [0.1, 0.15) is 6.73 Å². The minimum Gasteiger partial charge on any atom is -0.376 e. The monoisotopic (exact) mass is 534 g/mol. The molecule has 4 N–H and O–H groups in total. The molecule has 0 aliphatic rings. The third-order valence-corrected chi connectivity index (χ3v) is 6.45. The van der Waals surface area contributed by atoms with E-state index in [-0.39, 0.29) is 17.2 Å². The minimum atomic E-state index is -0.428. The Bertz CT molecular complexity index is 1670. The van der Waals surface area contributed by atoms with Crippen LogP contribution in [0.25, 0.3) is 16.9 Å². The molecule has 0 radical (unpaired) electrons. The highest BCUT2D eigenvalue weighted by Crippen LogP contribution is 2.27. The third-order valence-electron chi connectivity index (χ3n) is 6.45.